The van der Waals surface area contributed by atoms with Gasteiger partial charge in [-0.3, -0.25) is 43.5 Å². The molecule has 0 fully saturated rings. The molecule has 1 rings (SSSR count). The fourth-order valence-corrected chi connectivity index (χ4v) is 4.20. The SMILES string of the molecule is NC(=O)C(CC(=O)O)NC(=O)CC(=O)NC(CCCN=C(N)N)C(=O)NC(Cc1ccccc1)C(=O)NC(CCCN=C(N)N)C(N)=O. The number of hydrogen-bond donors (Lipinski definition) is 11. The molecule has 0 heterocycles. The van der Waals surface area contributed by atoms with Crippen LogP contribution in [0.25, 0.3) is 0 Å². The molecule has 4 unspecified atom stereocenters. The van der Waals surface area contributed by atoms with Gasteiger partial charge in [0.25, 0.3) is 0 Å². The molecule has 264 valence electrons. The quantitative estimate of drug-likeness (QED) is 0.0238. The molecule has 0 aliphatic heterocycles. The number of hydrogen-bond acceptors (Lipinski definition) is 9. The highest BCUT2D eigenvalue weighted by Crippen LogP contribution is 2.08. The largest absolute Gasteiger partial charge is 0.481 e. The van der Waals surface area contributed by atoms with Gasteiger partial charge in [0.1, 0.15) is 30.6 Å². The van der Waals surface area contributed by atoms with Crippen molar-refractivity contribution in [1.82, 2.24) is 21.3 Å². The van der Waals surface area contributed by atoms with Gasteiger partial charge in [-0.25, -0.2) is 0 Å². The van der Waals surface area contributed by atoms with Crippen LogP contribution in [0.4, 0.5) is 0 Å². The van der Waals surface area contributed by atoms with Gasteiger partial charge < -0.3 is 60.8 Å². The van der Waals surface area contributed by atoms with Gasteiger partial charge >= 0.3 is 5.97 Å². The van der Waals surface area contributed by atoms with Crippen molar-refractivity contribution >= 4 is 53.3 Å². The van der Waals surface area contributed by atoms with Crippen LogP contribution >= 0.6 is 0 Å². The average Bonchev–Trinajstić information content (AvgIpc) is 2.99. The zero-order valence-electron chi connectivity index (χ0n) is 26.2. The molecule has 4 atom stereocenters. The van der Waals surface area contributed by atoms with Gasteiger partial charge in [-0.1, -0.05) is 30.3 Å². The lowest BCUT2D eigenvalue weighted by molar-refractivity contribution is -0.140. The summed E-state index contributed by atoms with van der Waals surface area (Å²) in [5.41, 5.74) is 32.6. The molecule has 0 aliphatic carbocycles. The van der Waals surface area contributed by atoms with E-state index in [0.717, 1.165) is 0 Å². The molecule has 1 aromatic carbocycles. The van der Waals surface area contributed by atoms with Crippen LogP contribution < -0.4 is 55.7 Å². The number of carboxylic acids is 1. The highest BCUT2D eigenvalue weighted by atomic mass is 16.4. The first-order valence-electron chi connectivity index (χ1n) is 14.7. The van der Waals surface area contributed by atoms with Crippen molar-refractivity contribution in [2.24, 2.45) is 44.4 Å². The van der Waals surface area contributed by atoms with Crippen LogP contribution in [-0.2, 0) is 40.0 Å². The Labute approximate surface area is 275 Å². The van der Waals surface area contributed by atoms with E-state index >= 15 is 0 Å². The molecular weight excluding hydrogens is 632 g/mol. The van der Waals surface area contributed by atoms with Crippen LogP contribution in [0.15, 0.2) is 40.3 Å². The maximum atomic E-state index is 13.5. The number of benzene rings is 1. The lowest BCUT2D eigenvalue weighted by Gasteiger charge is -2.25. The Kier molecular flexibility index (Phi) is 17.5. The molecular formula is C28H44N12O8. The molecule has 0 saturated carbocycles. The number of aliphatic carboxylic acids is 1. The number of aliphatic imine (C=N–C) groups is 2. The Balaban J connectivity index is 3.17. The normalized spacial score (nSPS) is 12.9. The summed E-state index contributed by atoms with van der Waals surface area (Å²) in [4.78, 5) is 94.3. The number of nitrogens with zero attached hydrogens (tertiary/aromatic N) is 2. The molecule has 0 saturated heterocycles. The number of nitrogens with one attached hydrogen (secondary N) is 4. The molecule has 0 radical (unpaired) electrons. The molecule has 0 aliphatic rings. The Hall–Kier alpha value is -5.95. The smallest absolute Gasteiger partial charge is 0.305 e. The van der Waals surface area contributed by atoms with Crippen LogP contribution in [0.2, 0.25) is 0 Å². The fourth-order valence-electron chi connectivity index (χ4n) is 4.20. The monoisotopic (exact) mass is 676 g/mol. The first-order valence-corrected chi connectivity index (χ1v) is 14.7. The highest BCUT2D eigenvalue weighted by Gasteiger charge is 2.30. The first kappa shape index (κ1) is 40.1. The molecule has 0 bridgehead atoms. The van der Waals surface area contributed by atoms with E-state index < -0.39 is 78.4 Å². The lowest BCUT2D eigenvalue weighted by Crippen LogP contribution is -2.57. The standard InChI is InChI=1S/C28H44N12O8/c29-23(45)16(8-4-10-35-27(31)32)39-26(48)19(12-15-6-2-1-3-7-15)40-25(47)17(9-5-11-36-28(33)34)37-20(41)14-21(42)38-18(24(30)46)13-22(43)44/h1-3,6-7,16-19H,4-5,8-14H2,(H2,29,45)(H2,30,46)(H,37,41)(H,38,42)(H,39,48)(H,40,47)(H,43,44)(H4,31,32,35)(H4,33,34,36). The van der Waals surface area contributed by atoms with Gasteiger partial charge in [-0.05, 0) is 31.2 Å². The van der Waals surface area contributed by atoms with Crippen LogP contribution in [0.5, 0.6) is 0 Å². The van der Waals surface area contributed by atoms with Crippen LogP contribution in [-0.4, -0.2) is 95.7 Å². The first-order chi connectivity index (χ1) is 22.6. The molecule has 48 heavy (non-hydrogen) atoms. The number of nitrogens with two attached hydrogens (primary N) is 6. The van der Waals surface area contributed by atoms with Crippen molar-refractivity contribution in [3.8, 4) is 0 Å². The van der Waals surface area contributed by atoms with Gasteiger partial charge in [0, 0.05) is 19.5 Å². The lowest BCUT2D eigenvalue weighted by atomic mass is 10.0. The van der Waals surface area contributed by atoms with E-state index in [0.29, 0.717) is 12.0 Å². The minimum Gasteiger partial charge on any atom is -0.481 e. The molecule has 20 nitrogen and oxygen atoms in total. The zero-order valence-corrected chi connectivity index (χ0v) is 26.2. The summed E-state index contributed by atoms with van der Waals surface area (Å²) >= 11 is 0. The van der Waals surface area contributed by atoms with Gasteiger partial charge in [-0.15, -0.1) is 0 Å². The predicted octanol–water partition coefficient (Wildman–Crippen LogP) is -4.89. The summed E-state index contributed by atoms with van der Waals surface area (Å²) in [6.45, 7) is 0.250. The second-order valence-corrected chi connectivity index (χ2v) is 10.5. The number of carbonyl (C=O) groups is 7. The number of carboxylic acid groups (broad SMARTS) is 1. The summed E-state index contributed by atoms with van der Waals surface area (Å²) in [5, 5.41) is 18.5. The summed E-state index contributed by atoms with van der Waals surface area (Å²) in [7, 11) is 0. The Morgan fingerprint density at radius 3 is 1.56 bits per heavy atom. The Bertz CT molecular complexity index is 1350. The van der Waals surface area contributed by atoms with Crippen molar-refractivity contribution in [2.45, 2.75) is 69.1 Å². The van der Waals surface area contributed by atoms with Crippen LogP contribution in [0.3, 0.4) is 0 Å². The summed E-state index contributed by atoms with van der Waals surface area (Å²) in [5.74, 6) is -7.29. The van der Waals surface area contributed by atoms with Crippen molar-refractivity contribution in [2.75, 3.05) is 13.1 Å². The molecule has 0 aromatic heterocycles. The van der Waals surface area contributed by atoms with Crippen molar-refractivity contribution in [3.63, 3.8) is 0 Å². The molecule has 0 spiro atoms. The van der Waals surface area contributed by atoms with E-state index in [1.807, 2.05) is 0 Å². The van der Waals surface area contributed by atoms with E-state index in [1.54, 1.807) is 30.3 Å². The van der Waals surface area contributed by atoms with Crippen molar-refractivity contribution in [3.05, 3.63) is 35.9 Å². The molecule has 17 N–H and O–H groups in total. The van der Waals surface area contributed by atoms with Gasteiger partial charge in [0.2, 0.25) is 35.4 Å². The zero-order chi connectivity index (χ0) is 36.2. The average molecular weight is 677 g/mol. The maximum absolute atomic E-state index is 13.5. The van der Waals surface area contributed by atoms with E-state index in [-0.39, 0.29) is 50.7 Å². The van der Waals surface area contributed by atoms with Crippen molar-refractivity contribution < 1.29 is 38.7 Å². The minimum atomic E-state index is -1.57. The third kappa shape index (κ3) is 16.9. The number of guanidine groups is 2. The maximum Gasteiger partial charge on any atom is 0.305 e. The fraction of sp³-hybridized carbons (Fsp3) is 0.464. The van der Waals surface area contributed by atoms with E-state index in [9.17, 15) is 33.6 Å². The second kappa shape index (κ2) is 21.0. The van der Waals surface area contributed by atoms with E-state index in [1.165, 1.54) is 0 Å². The predicted molar refractivity (Wildman–Crippen MR) is 173 cm³/mol. The number of carbonyl (C=O) groups excluding carboxylic acids is 6. The van der Waals surface area contributed by atoms with E-state index in [2.05, 4.69) is 31.3 Å². The molecule has 20 heteroatoms. The highest BCUT2D eigenvalue weighted by molar-refractivity contribution is 6.01. The van der Waals surface area contributed by atoms with Crippen molar-refractivity contribution in [1.29, 1.82) is 0 Å². The molecule has 1 aromatic rings. The Morgan fingerprint density at radius 1 is 0.625 bits per heavy atom. The second-order valence-electron chi connectivity index (χ2n) is 10.5. The summed E-state index contributed by atoms with van der Waals surface area (Å²) < 4.78 is 0. The topological polar surface area (TPSA) is 369 Å². The van der Waals surface area contributed by atoms with Gasteiger partial charge in [-0.2, -0.15) is 0 Å². The van der Waals surface area contributed by atoms with Gasteiger partial charge in [0.05, 0.1) is 6.42 Å². The molecule has 6 amide bonds. The third-order valence-corrected chi connectivity index (χ3v) is 6.50. The minimum absolute atomic E-state index is 0.0208. The number of amides is 6. The van der Waals surface area contributed by atoms with Gasteiger partial charge in [0.15, 0.2) is 11.9 Å². The van der Waals surface area contributed by atoms with Crippen LogP contribution in [0, 0.1) is 0 Å². The Morgan fingerprint density at radius 2 is 1.08 bits per heavy atom. The summed E-state index contributed by atoms with van der Waals surface area (Å²) in [6.07, 6.45) is -1.19. The number of primary amides is 2. The third-order valence-electron chi connectivity index (χ3n) is 6.50. The van der Waals surface area contributed by atoms with E-state index in [4.69, 9.17) is 39.5 Å². The summed E-state index contributed by atoms with van der Waals surface area (Å²) in [6, 6.07) is 3.35. The number of rotatable bonds is 22. The van der Waals surface area contributed by atoms with Crippen LogP contribution in [0.1, 0.15) is 44.1 Å².